The average Bonchev–Trinajstić information content (AvgIpc) is 2.61. The first kappa shape index (κ1) is 19.8. The van der Waals surface area contributed by atoms with Crippen molar-refractivity contribution in [3.8, 4) is 0 Å². The highest BCUT2D eigenvalue weighted by atomic mass is 16.2. The topological polar surface area (TPSA) is 115 Å². The highest BCUT2D eigenvalue weighted by Crippen LogP contribution is 2.31. The van der Waals surface area contributed by atoms with Crippen molar-refractivity contribution in [1.82, 2.24) is 31.9 Å². The molecule has 6 atom stereocenters. The van der Waals surface area contributed by atoms with Gasteiger partial charge in [-0.15, -0.1) is 0 Å². The fourth-order valence-corrected chi connectivity index (χ4v) is 4.57. The third kappa shape index (κ3) is 5.79. The van der Waals surface area contributed by atoms with Crippen molar-refractivity contribution in [1.29, 1.82) is 0 Å². The minimum Gasteiger partial charge on any atom is -0.330 e. The van der Waals surface area contributed by atoms with Crippen LogP contribution in [0.15, 0.2) is 0 Å². The minimum atomic E-state index is -0.236. The van der Waals surface area contributed by atoms with Gasteiger partial charge in [-0.25, -0.2) is 4.79 Å². The lowest BCUT2D eigenvalue weighted by Crippen LogP contribution is -2.69. The van der Waals surface area contributed by atoms with Gasteiger partial charge in [0.2, 0.25) is 0 Å². The van der Waals surface area contributed by atoms with Gasteiger partial charge in [0.25, 0.3) is 0 Å². The first-order valence-corrected chi connectivity index (χ1v) is 10.4. The van der Waals surface area contributed by atoms with E-state index in [1.54, 1.807) is 0 Å². The van der Waals surface area contributed by atoms with Crippen molar-refractivity contribution < 1.29 is 4.79 Å². The quantitative estimate of drug-likeness (QED) is 0.334. The van der Waals surface area contributed by atoms with Gasteiger partial charge in [0.15, 0.2) is 0 Å². The van der Waals surface area contributed by atoms with Crippen LogP contribution in [0.5, 0.6) is 0 Å². The van der Waals surface area contributed by atoms with E-state index >= 15 is 0 Å². The monoisotopic (exact) mass is 367 g/mol. The normalized spacial score (nSPS) is 37.6. The zero-order chi connectivity index (χ0) is 18.4. The van der Waals surface area contributed by atoms with Crippen molar-refractivity contribution in [3.05, 3.63) is 0 Å². The van der Waals surface area contributed by atoms with E-state index in [9.17, 15) is 4.79 Å². The number of hydrogen-bond acceptors (Lipinski definition) is 6. The summed E-state index contributed by atoms with van der Waals surface area (Å²) >= 11 is 0. The van der Waals surface area contributed by atoms with E-state index in [4.69, 9.17) is 5.73 Å². The second-order valence-electron chi connectivity index (χ2n) is 8.12. The number of carbonyl (C=O) groups is 1. The Kier molecular flexibility index (Phi) is 7.51. The first-order valence-electron chi connectivity index (χ1n) is 10.4. The molecule has 0 aromatic heterocycles. The number of nitrogens with one attached hydrogen (secondary N) is 6. The van der Waals surface area contributed by atoms with Crippen LogP contribution in [0.3, 0.4) is 0 Å². The molecule has 0 aromatic carbocycles. The van der Waals surface area contributed by atoms with E-state index in [0.717, 1.165) is 31.7 Å². The standard InChI is InChI=1S/C18H37N7O/c1-12-11-16(20-10-4-9-19)23-17(21-12)25-18(26)24-15-8-7-13-5-2-3-6-14(13)22-15/h12-17,20-23H,2-11,19H2,1H3,(H2,24,25,26). The fraction of sp³-hybridized carbons (Fsp3) is 0.944. The smallest absolute Gasteiger partial charge is 0.318 e. The highest BCUT2D eigenvalue weighted by Gasteiger charge is 2.32. The van der Waals surface area contributed by atoms with Crippen molar-refractivity contribution in [2.75, 3.05) is 13.1 Å². The van der Waals surface area contributed by atoms with E-state index in [1.807, 2.05) is 0 Å². The van der Waals surface area contributed by atoms with E-state index in [-0.39, 0.29) is 24.7 Å². The van der Waals surface area contributed by atoms with Gasteiger partial charge in [0.05, 0.1) is 12.3 Å². The minimum absolute atomic E-state index is 0.0776. The maximum absolute atomic E-state index is 12.4. The van der Waals surface area contributed by atoms with E-state index < -0.39 is 0 Å². The van der Waals surface area contributed by atoms with Gasteiger partial charge in [-0.3, -0.25) is 16.0 Å². The summed E-state index contributed by atoms with van der Waals surface area (Å²) < 4.78 is 0. The molecule has 1 saturated carbocycles. The van der Waals surface area contributed by atoms with Crippen molar-refractivity contribution >= 4 is 6.03 Å². The van der Waals surface area contributed by atoms with Gasteiger partial charge in [-0.05, 0) is 64.5 Å². The molecule has 1 aliphatic carbocycles. The predicted molar refractivity (Wildman–Crippen MR) is 103 cm³/mol. The van der Waals surface area contributed by atoms with Gasteiger partial charge >= 0.3 is 6.03 Å². The second-order valence-corrected chi connectivity index (χ2v) is 8.12. The fourth-order valence-electron chi connectivity index (χ4n) is 4.57. The molecular formula is C18H37N7O. The average molecular weight is 368 g/mol. The Labute approximate surface area is 157 Å². The molecule has 8 nitrogen and oxygen atoms in total. The van der Waals surface area contributed by atoms with Gasteiger partial charge in [-0.2, -0.15) is 0 Å². The SMILES string of the molecule is CC1CC(NCCCN)NC(NC(=O)NC2CCC3CCCCC3N2)N1. The molecule has 2 amide bonds. The van der Waals surface area contributed by atoms with E-state index in [1.165, 1.54) is 32.1 Å². The summed E-state index contributed by atoms with van der Waals surface area (Å²) in [5.74, 6) is 0.799. The Hall–Kier alpha value is -0.930. The van der Waals surface area contributed by atoms with Gasteiger partial charge < -0.3 is 21.7 Å². The molecule has 0 radical (unpaired) electrons. The van der Waals surface area contributed by atoms with Gasteiger partial charge in [-0.1, -0.05) is 12.8 Å². The third-order valence-electron chi connectivity index (χ3n) is 5.91. The molecule has 0 aromatic rings. The molecule has 0 bridgehead atoms. The number of amides is 2. The van der Waals surface area contributed by atoms with E-state index in [0.29, 0.717) is 18.6 Å². The number of hydrogen-bond donors (Lipinski definition) is 7. The molecule has 150 valence electrons. The summed E-state index contributed by atoms with van der Waals surface area (Å²) in [4.78, 5) is 12.4. The molecule has 3 fully saturated rings. The maximum Gasteiger partial charge on any atom is 0.318 e. The van der Waals surface area contributed by atoms with Crippen LogP contribution in [-0.4, -0.2) is 49.8 Å². The van der Waals surface area contributed by atoms with Gasteiger partial charge in [0.1, 0.15) is 6.29 Å². The van der Waals surface area contributed by atoms with Crippen LogP contribution >= 0.6 is 0 Å². The molecule has 2 heterocycles. The molecular weight excluding hydrogens is 330 g/mol. The van der Waals surface area contributed by atoms with Crippen molar-refractivity contribution in [3.63, 3.8) is 0 Å². The first-order chi connectivity index (χ1) is 12.6. The summed E-state index contributed by atoms with van der Waals surface area (Å²) in [7, 11) is 0. The molecule has 3 aliphatic rings. The highest BCUT2D eigenvalue weighted by molar-refractivity contribution is 5.74. The van der Waals surface area contributed by atoms with Crippen molar-refractivity contribution in [2.45, 2.75) is 89.0 Å². The van der Waals surface area contributed by atoms with Crippen LogP contribution in [0.2, 0.25) is 0 Å². The summed E-state index contributed by atoms with van der Waals surface area (Å²) in [6.45, 7) is 3.71. The molecule has 0 spiro atoms. The largest absolute Gasteiger partial charge is 0.330 e. The zero-order valence-electron chi connectivity index (χ0n) is 16.0. The third-order valence-corrected chi connectivity index (χ3v) is 5.91. The molecule has 8 heteroatoms. The Bertz CT molecular complexity index is 449. The Morgan fingerprint density at radius 3 is 2.73 bits per heavy atom. The Morgan fingerprint density at radius 1 is 1.04 bits per heavy atom. The summed E-state index contributed by atoms with van der Waals surface area (Å²) in [5, 5.41) is 20.0. The number of carbonyl (C=O) groups excluding carboxylic acids is 1. The number of fused-ring (bicyclic) bond motifs is 1. The maximum atomic E-state index is 12.4. The van der Waals surface area contributed by atoms with Crippen LogP contribution < -0.4 is 37.6 Å². The molecule has 2 saturated heterocycles. The van der Waals surface area contributed by atoms with E-state index in [2.05, 4.69) is 38.8 Å². The van der Waals surface area contributed by atoms with Crippen LogP contribution in [0, 0.1) is 5.92 Å². The Balaban J connectivity index is 1.40. The lowest BCUT2D eigenvalue weighted by molar-refractivity contribution is 0.154. The number of urea groups is 1. The lowest BCUT2D eigenvalue weighted by Gasteiger charge is -2.41. The number of nitrogens with two attached hydrogens (primary N) is 1. The number of rotatable bonds is 6. The van der Waals surface area contributed by atoms with Crippen LogP contribution in [0.1, 0.15) is 58.3 Å². The zero-order valence-corrected chi connectivity index (χ0v) is 16.0. The molecule has 2 aliphatic heterocycles. The molecule has 8 N–H and O–H groups in total. The van der Waals surface area contributed by atoms with Crippen LogP contribution in [0.4, 0.5) is 4.79 Å². The summed E-state index contributed by atoms with van der Waals surface area (Å²) in [6.07, 6.45) is 9.41. The predicted octanol–water partition coefficient (Wildman–Crippen LogP) is 0.0734. The molecule has 6 unspecified atom stereocenters. The van der Waals surface area contributed by atoms with Gasteiger partial charge in [0, 0.05) is 12.1 Å². The van der Waals surface area contributed by atoms with Crippen LogP contribution in [-0.2, 0) is 0 Å². The lowest BCUT2D eigenvalue weighted by atomic mass is 9.79. The molecule has 3 rings (SSSR count). The molecule has 26 heavy (non-hydrogen) atoms. The van der Waals surface area contributed by atoms with Crippen LogP contribution in [0.25, 0.3) is 0 Å². The second kappa shape index (κ2) is 9.85. The number of piperidine rings is 1. The van der Waals surface area contributed by atoms with Crippen molar-refractivity contribution in [2.24, 2.45) is 11.7 Å². The summed E-state index contributed by atoms with van der Waals surface area (Å²) in [6, 6.07) is 0.772. The Morgan fingerprint density at radius 2 is 1.88 bits per heavy atom. The summed E-state index contributed by atoms with van der Waals surface area (Å²) in [5.41, 5.74) is 5.55.